The molecule has 0 N–H and O–H groups in total. The first-order valence-electron chi connectivity index (χ1n) is 7.36. The van der Waals surface area contributed by atoms with Gasteiger partial charge in [0.05, 0.1) is 5.92 Å². The molecule has 0 saturated carbocycles. The maximum Gasteiger partial charge on any atom is 0.230 e. The third-order valence-electron chi connectivity index (χ3n) is 3.84. The summed E-state index contributed by atoms with van der Waals surface area (Å²) in [7, 11) is 0. The minimum absolute atomic E-state index is 0.0372. The fourth-order valence-electron chi connectivity index (χ4n) is 2.73. The van der Waals surface area contributed by atoms with Crippen LogP contribution in [-0.4, -0.2) is 17.4 Å². The van der Waals surface area contributed by atoms with Crippen molar-refractivity contribution in [1.82, 2.24) is 4.90 Å². The maximum atomic E-state index is 12.6. The maximum absolute atomic E-state index is 12.6. The smallest absolute Gasteiger partial charge is 0.230 e. The van der Waals surface area contributed by atoms with Gasteiger partial charge in [-0.3, -0.25) is 4.79 Å². The first-order valence-corrected chi connectivity index (χ1v) is 7.36. The molecule has 0 saturated heterocycles. The summed E-state index contributed by atoms with van der Waals surface area (Å²) in [5, 5.41) is 0. The van der Waals surface area contributed by atoms with Crippen molar-refractivity contribution in [3.8, 4) is 0 Å². The van der Waals surface area contributed by atoms with Crippen molar-refractivity contribution in [3.05, 3.63) is 83.9 Å². The molecule has 0 bridgehead atoms. The topological polar surface area (TPSA) is 20.3 Å². The van der Waals surface area contributed by atoms with Gasteiger partial charge in [-0.1, -0.05) is 72.8 Å². The fraction of sp³-hybridized carbons (Fsp3) is 0.211. The van der Waals surface area contributed by atoms with E-state index in [9.17, 15) is 4.79 Å². The van der Waals surface area contributed by atoms with Gasteiger partial charge >= 0.3 is 0 Å². The third-order valence-corrected chi connectivity index (χ3v) is 3.84. The van der Waals surface area contributed by atoms with Crippen molar-refractivity contribution in [2.45, 2.75) is 13.0 Å². The second kappa shape index (κ2) is 6.40. The number of hydrogen-bond donors (Lipinski definition) is 0. The molecule has 2 aromatic rings. The lowest BCUT2D eigenvalue weighted by molar-refractivity contribution is -0.134. The van der Waals surface area contributed by atoms with Crippen molar-refractivity contribution in [2.24, 2.45) is 5.92 Å². The van der Waals surface area contributed by atoms with Gasteiger partial charge in [0, 0.05) is 13.1 Å². The molecular weight excluding hydrogens is 258 g/mol. The number of rotatable bonds is 4. The summed E-state index contributed by atoms with van der Waals surface area (Å²) >= 11 is 0. The second-order valence-electron chi connectivity index (χ2n) is 5.43. The standard InChI is InChI=1S/C19H19NO/c21-19-18(14-16-8-3-1-4-9-16)12-7-13-20(19)15-17-10-5-2-6-11-17/h1-12,18H,13-15H2/t18-/m0/s1. The van der Waals surface area contributed by atoms with Crippen LogP contribution in [0.4, 0.5) is 0 Å². The Morgan fingerprint density at radius 2 is 1.52 bits per heavy atom. The molecule has 1 amide bonds. The van der Waals surface area contributed by atoms with Gasteiger partial charge in [0.15, 0.2) is 0 Å². The van der Waals surface area contributed by atoms with Crippen molar-refractivity contribution in [1.29, 1.82) is 0 Å². The highest BCUT2D eigenvalue weighted by Crippen LogP contribution is 2.19. The summed E-state index contributed by atoms with van der Waals surface area (Å²) in [4.78, 5) is 14.5. The van der Waals surface area contributed by atoms with Gasteiger partial charge in [0.2, 0.25) is 5.91 Å². The average Bonchev–Trinajstić information content (AvgIpc) is 2.53. The van der Waals surface area contributed by atoms with Crippen molar-refractivity contribution in [3.63, 3.8) is 0 Å². The Balaban J connectivity index is 1.69. The summed E-state index contributed by atoms with van der Waals surface area (Å²) in [5.74, 6) is 0.190. The Bertz CT molecular complexity index is 619. The van der Waals surface area contributed by atoms with Crippen LogP contribution in [0, 0.1) is 5.92 Å². The quantitative estimate of drug-likeness (QED) is 0.784. The lowest BCUT2D eigenvalue weighted by atomic mass is 9.95. The molecule has 2 aromatic carbocycles. The van der Waals surface area contributed by atoms with Gasteiger partial charge in [-0.05, 0) is 17.5 Å². The van der Waals surface area contributed by atoms with Crippen LogP contribution in [0.1, 0.15) is 11.1 Å². The summed E-state index contributed by atoms with van der Waals surface area (Å²) in [6, 6.07) is 20.4. The fourth-order valence-corrected chi connectivity index (χ4v) is 2.73. The lowest BCUT2D eigenvalue weighted by Crippen LogP contribution is -2.38. The third kappa shape index (κ3) is 3.40. The predicted molar refractivity (Wildman–Crippen MR) is 84.6 cm³/mol. The van der Waals surface area contributed by atoms with E-state index in [0.29, 0.717) is 13.1 Å². The molecule has 0 unspecified atom stereocenters. The van der Waals surface area contributed by atoms with E-state index >= 15 is 0 Å². The monoisotopic (exact) mass is 277 g/mol. The molecule has 1 atom stereocenters. The molecule has 21 heavy (non-hydrogen) atoms. The van der Waals surface area contributed by atoms with Gasteiger partial charge in [-0.25, -0.2) is 0 Å². The molecule has 0 radical (unpaired) electrons. The van der Waals surface area contributed by atoms with E-state index in [4.69, 9.17) is 0 Å². The van der Waals surface area contributed by atoms with Crippen LogP contribution in [-0.2, 0) is 17.8 Å². The zero-order valence-electron chi connectivity index (χ0n) is 12.0. The molecule has 0 aliphatic carbocycles. The van der Waals surface area contributed by atoms with Crippen LogP contribution >= 0.6 is 0 Å². The van der Waals surface area contributed by atoms with Crippen molar-refractivity contribution >= 4 is 5.91 Å². The Labute approximate surface area is 125 Å². The highest BCUT2D eigenvalue weighted by atomic mass is 16.2. The van der Waals surface area contributed by atoms with E-state index in [0.717, 1.165) is 6.42 Å². The summed E-state index contributed by atoms with van der Waals surface area (Å²) < 4.78 is 0. The minimum atomic E-state index is -0.0372. The molecule has 1 aliphatic heterocycles. The van der Waals surface area contributed by atoms with Crippen LogP contribution in [0.15, 0.2) is 72.8 Å². The van der Waals surface area contributed by atoms with E-state index in [1.807, 2.05) is 41.3 Å². The van der Waals surface area contributed by atoms with E-state index in [-0.39, 0.29) is 11.8 Å². The molecule has 0 spiro atoms. The molecule has 0 aromatic heterocycles. The van der Waals surface area contributed by atoms with Crippen LogP contribution in [0.5, 0.6) is 0 Å². The van der Waals surface area contributed by atoms with E-state index < -0.39 is 0 Å². The molecule has 2 heteroatoms. The van der Waals surface area contributed by atoms with Crippen LogP contribution < -0.4 is 0 Å². The average molecular weight is 277 g/mol. The Morgan fingerprint density at radius 3 is 2.19 bits per heavy atom. The van der Waals surface area contributed by atoms with Gasteiger partial charge < -0.3 is 4.90 Å². The number of carbonyl (C=O) groups is 1. The summed E-state index contributed by atoms with van der Waals surface area (Å²) in [6.45, 7) is 1.40. The van der Waals surface area contributed by atoms with Gasteiger partial charge in [-0.15, -0.1) is 0 Å². The first-order chi connectivity index (χ1) is 10.3. The van der Waals surface area contributed by atoms with E-state index in [2.05, 4.69) is 36.4 Å². The number of nitrogens with zero attached hydrogens (tertiary/aromatic N) is 1. The van der Waals surface area contributed by atoms with Gasteiger partial charge in [-0.2, -0.15) is 0 Å². The highest BCUT2D eigenvalue weighted by molar-refractivity contribution is 5.82. The zero-order chi connectivity index (χ0) is 14.5. The van der Waals surface area contributed by atoms with E-state index in [1.54, 1.807) is 0 Å². The molecular formula is C19H19NO. The Morgan fingerprint density at radius 1 is 0.905 bits per heavy atom. The van der Waals surface area contributed by atoms with E-state index in [1.165, 1.54) is 11.1 Å². The second-order valence-corrected chi connectivity index (χ2v) is 5.43. The number of amides is 1. The molecule has 0 fully saturated rings. The van der Waals surface area contributed by atoms with Gasteiger partial charge in [0.25, 0.3) is 0 Å². The van der Waals surface area contributed by atoms with Crippen LogP contribution in [0.2, 0.25) is 0 Å². The van der Waals surface area contributed by atoms with Crippen LogP contribution in [0.25, 0.3) is 0 Å². The van der Waals surface area contributed by atoms with Crippen LogP contribution in [0.3, 0.4) is 0 Å². The summed E-state index contributed by atoms with van der Waals surface area (Å²) in [6.07, 6.45) is 4.94. The predicted octanol–water partition coefficient (Wildman–Crippen LogP) is 3.44. The highest BCUT2D eigenvalue weighted by Gasteiger charge is 2.25. The largest absolute Gasteiger partial charge is 0.334 e. The molecule has 1 heterocycles. The number of benzene rings is 2. The number of hydrogen-bond acceptors (Lipinski definition) is 1. The Kier molecular flexibility index (Phi) is 4.15. The molecule has 3 rings (SSSR count). The van der Waals surface area contributed by atoms with Gasteiger partial charge in [0.1, 0.15) is 0 Å². The molecule has 1 aliphatic rings. The van der Waals surface area contributed by atoms with Crippen molar-refractivity contribution in [2.75, 3.05) is 6.54 Å². The Hall–Kier alpha value is -2.35. The normalized spacial score (nSPS) is 18.0. The molecule has 106 valence electrons. The zero-order valence-corrected chi connectivity index (χ0v) is 12.0. The lowest BCUT2D eigenvalue weighted by Gasteiger charge is -2.28. The van der Waals surface area contributed by atoms with Crippen molar-refractivity contribution < 1.29 is 4.79 Å². The summed E-state index contributed by atoms with van der Waals surface area (Å²) in [5.41, 5.74) is 2.39. The number of carbonyl (C=O) groups excluding carboxylic acids is 1. The first kappa shape index (κ1) is 13.6. The SMILES string of the molecule is O=C1[C@H](Cc2ccccc2)C=CCN1Cc1ccccc1. The minimum Gasteiger partial charge on any atom is -0.334 e. The molecule has 2 nitrogen and oxygen atoms in total.